The number of piperidine rings is 1. The summed E-state index contributed by atoms with van der Waals surface area (Å²) in [6.07, 6.45) is -1.05. The summed E-state index contributed by atoms with van der Waals surface area (Å²) < 4.78 is 38.3. The molecule has 2 aliphatic heterocycles. The van der Waals surface area contributed by atoms with Crippen molar-refractivity contribution in [3.63, 3.8) is 0 Å². The van der Waals surface area contributed by atoms with Crippen LogP contribution in [-0.4, -0.2) is 24.2 Å². The summed E-state index contributed by atoms with van der Waals surface area (Å²) in [6.45, 7) is 0. The molecule has 0 amide bonds. The van der Waals surface area contributed by atoms with Crippen molar-refractivity contribution in [1.29, 1.82) is 0 Å². The Hall–Kier alpha value is -0.250. The Morgan fingerprint density at radius 1 is 1.27 bits per heavy atom. The van der Waals surface area contributed by atoms with E-state index in [0.29, 0.717) is 12.8 Å². The predicted octanol–water partition coefficient (Wildman–Crippen LogP) is 1.48. The number of nitrogens with one attached hydrogen (secondary N) is 1. The minimum atomic E-state index is -3.09. The molecule has 1 N–H and O–H groups in total. The molecule has 0 aromatic rings. The van der Waals surface area contributed by atoms with Crippen LogP contribution >= 0.6 is 0 Å². The number of hydrogen-bond donors (Lipinski definition) is 1. The topological polar surface area (TPSA) is 12.0 Å². The maximum absolute atomic E-state index is 12.8. The normalized spacial score (nSPS) is 47.7. The van der Waals surface area contributed by atoms with Gasteiger partial charge in [0.25, 0.3) is 5.92 Å². The van der Waals surface area contributed by atoms with Gasteiger partial charge in [-0.2, -0.15) is 0 Å². The smallest absolute Gasteiger partial charge is 0.281 e. The number of halogens is 3. The molecule has 4 heteroatoms. The minimum absolute atomic E-state index is 0.151. The first kappa shape index (κ1) is 7.40. The summed E-state index contributed by atoms with van der Waals surface area (Å²) in [5.41, 5.74) is 0. The summed E-state index contributed by atoms with van der Waals surface area (Å²) in [5.74, 6) is -3.09. The van der Waals surface area contributed by atoms with Gasteiger partial charge in [-0.15, -0.1) is 0 Å². The number of fused-ring (bicyclic) bond motifs is 2. The second kappa shape index (κ2) is 2.12. The molecule has 3 unspecified atom stereocenters. The van der Waals surface area contributed by atoms with Crippen LogP contribution in [0.2, 0.25) is 0 Å². The highest BCUT2D eigenvalue weighted by molar-refractivity contribution is 5.02. The third-order valence-electron chi connectivity index (χ3n) is 2.55. The second-order valence-electron chi connectivity index (χ2n) is 3.41. The molecule has 2 heterocycles. The van der Waals surface area contributed by atoms with E-state index in [1.807, 2.05) is 0 Å². The van der Waals surface area contributed by atoms with Crippen LogP contribution in [0.15, 0.2) is 0 Å². The van der Waals surface area contributed by atoms with Crippen LogP contribution in [-0.2, 0) is 0 Å². The molecule has 0 radical (unpaired) electrons. The maximum Gasteiger partial charge on any atom is 0.281 e. The Bertz CT molecular complexity index is 171. The van der Waals surface area contributed by atoms with Gasteiger partial charge >= 0.3 is 0 Å². The third kappa shape index (κ3) is 1.04. The zero-order valence-corrected chi connectivity index (χ0v) is 5.99. The van der Waals surface area contributed by atoms with Gasteiger partial charge in [-0.3, -0.25) is 0 Å². The Morgan fingerprint density at radius 2 is 2.00 bits per heavy atom. The SMILES string of the molecule is FC1C2CCC(CC1(F)F)N2. The van der Waals surface area contributed by atoms with Crippen molar-refractivity contribution in [1.82, 2.24) is 5.32 Å². The Balaban J connectivity index is 2.18. The van der Waals surface area contributed by atoms with Gasteiger partial charge in [0.15, 0.2) is 6.17 Å². The van der Waals surface area contributed by atoms with Crippen LogP contribution in [0.4, 0.5) is 13.2 Å². The molecule has 0 saturated carbocycles. The van der Waals surface area contributed by atoms with E-state index in [2.05, 4.69) is 5.32 Å². The average Bonchev–Trinajstić information content (AvgIpc) is 2.29. The molecular weight excluding hydrogens is 155 g/mol. The zero-order valence-electron chi connectivity index (χ0n) is 5.99. The lowest BCUT2D eigenvalue weighted by Gasteiger charge is -2.32. The fraction of sp³-hybridized carbons (Fsp3) is 1.00. The predicted molar refractivity (Wildman–Crippen MR) is 34.4 cm³/mol. The van der Waals surface area contributed by atoms with Crippen LogP contribution in [0.25, 0.3) is 0 Å². The van der Waals surface area contributed by atoms with Crippen molar-refractivity contribution in [2.45, 2.75) is 43.4 Å². The third-order valence-corrected chi connectivity index (χ3v) is 2.55. The van der Waals surface area contributed by atoms with Gasteiger partial charge in [0.2, 0.25) is 0 Å². The summed E-state index contributed by atoms with van der Waals surface area (Å²) in [5, 5.41) is 2.84. The highest BCUT2D eigenvalue weighted by Gasteiger charge is 2.53. The Labute approximate surface area is 63.0 Å². The molecule has 0 aromatic heterocycles. The quantitative estimate of drug-likeness (QED) is 0.573. The molecule has 0 spiro atoms. The van der Waals surface area contributed by atoms with Gasteiger partial charge in [0.05, 0.1) is 0 Å². The number of rotatable bonds is 0. The van der Waals surface area contributed by atoms with E-state index in [1.54, 1.807) is 0 Å². The van der Waals surface area contributed by atoms with E-state index >= 15 is 0 Å². The molecule has 2 bridgehead atoms. The standard InChI is InChI=1S/C7H10F3N/c8-6-5-2-1-4(11-5)3-7(6,9)10/h4-6,11H,1-3H2. The number of alkyl halides is 3. The first-order valence-corrected chi connectivity index (χ1v) is 3.87. The highest BCUT2D eigenvalue weighted by atomic mass is 19.3. The molecule has 0 aromatic carbocycles. The van der Waals surface area contributed by atoms with E-state index in [-0.39, 0.29) is 12.5 Å². The second-order valence-corrected chi connectivity index (χ2v) is 3.41. The molecule has 0 aliphatic carbocycles. The maximum atomic E-state index is 12.8. The van der Waals surface area contributed by atoms with Crippen LogP contribution in [0.5, 0.6) is 0 Å². The summed E-state index contributed by atoms with van der Waals surface area (Å²) in [6, 6.07) is -0.745. The monoisotopic (exact) mass is 165 g/mol. The van der Waals surface area contributed by atoms with E-state index in [1.165, 1.54) is 0 Å². The lowest BCUT2D eigenvalue weighted by atomic mass is 10.00. The molecule has 2 aliphatic rings. The van der Waals surface area contributed by atoms with Gasteiger partial charge in [0.1, 0.15) is 0 Å². The van der Waals surface area contributed by atoms with Crippen LogP contribution < -0.4 is 5.32 Å². The Kier molecular flexibility index (Phi) is 1.43. The van der Waals surface area contributed by atoms with Gasteiger partial charge in [-0.05, 0) is 12.8 Å². The summed E-state index contributed by atoms with van der Waals surface area (Å²) >= 11 is 0. The first-order chi connectivity index (χ1) is 5.09. The largest absolute Gasteiger partial charge is 0.308 e. The van der Waals surface area contributed by atoms with Crippen LogP contribution in [0.3, 0.4) is 0 Å². The number of hydrogen-bond acceptors (Lipinski definition) is 1. The van der Waals surface area contributed by atoms with Gasteiger partial charge < -0.3 is 5.32 Å². The van der Waals surface area contributed by atoms with E-state index < -0.39 is 18.1 Å². The molecule has 3 atom stereocenters. The van der Waals surface area contributed by atoms with Gasteiger partial charge in [0, 0.05) is 18.5 Å². The molecule has 64 valence electrons. The minimum Gasteiger partial charge on any atom is -0.308 e. The van der Waals surface area contributed by atoms with Crippen LogP contribution in [0, 0.1) is 0 Å². The first-order valence-electron chi connectivity index (χ1n) is 3.87. The van der Waals surface area contributed by atoms with Crippen molar-refractivity contribution in [2.24, 2.45) is 0 Å². The fourth-order valence-electron chi connectivity index (χ4n) is 1.98. The van der Waals surface area contributed by atoms with Crippen molar-refractivity contribution in [3.8, 4) is 0 Å². The van der Waals surface area contributed by atoms with E-state index in [4.69, 9.17) is 0 Å². The lowest BCUT2D eigenvalue weighted by Crippen LogP contribution is -2.53. The molecule has 2 fully saturated rings. The zero-order chi connectivity index (χ0) is 8.06. The van der Waals surface area contributed by atoms with E-state index in [0.717, 1.165) is 0 Å². The molecule has 1 nitrogen and oxygen atoms in total. The van der Waals surface area contributed by atoms with Crippen molar-refractivity contribution < 1.29 is 13.2 Å². The van der Waals surface area contributed by atoms with E-state index in [9.17, 15) is 13.2 Å². The molecule has 11 heavy (non-hydrogen) atoms. The summed E-state index contributed by atoms with van der Waals surface area (Å²) in [7, 11) is 0. The average molecular weight is 165 g/mol. The van der Waals surface area contributed by atoms with Crippen molar-refractivity contribution >= 4 is 0 Å². The van der Waals surface area contributed by atoms with Crippen molar-refractivity contribution in [2.75, 3.05) is 0 Å². The van der Waals surface area contributed by atoms with Gasteiger partial charge in [-0.25, -0.2) is 13.2 Å². The van der Waals surface area contributed by atoms with Crippen molar-refractivity contribution in [3.05, 3.63) is 0 Å². The van der Waals surface area contributed by atoms with Gasteiger partial charge in [-0.1, -0.05) is 0 Å². The fourth-order valence-corrected chi connectivity index (χ4v) is 1.98. The van der Waals surface area contributed by atoms with Crippen LogP contribution in [0.1, 0.15) is 19.3 Å². The molecule has 2 saturated heterocycles. The lowest BCUT2D eigenvalue weighted by molar-refractivity contribution is -0.107. The Morgan fingerprint density at radius 3 is 2.73 bits per heavy atom. The molecule has 2 rings (SSSR count). The molecular formula is C7H10F3N. The highest BCUT2D eigenvalue weighted by Crippen LogP contribution is 2.39. The summed E-state index contributed by atoms with van der Waals surface area (Å²) in [4.78, 5) is 0.